The minimum Gasteiger partial charge on any atom is -0.396 e. The van der Waals surface area contributed by atoms with E-state index in [9.17, 15) is 4.79 Å². The fraction of sp³-hybridized carbons (Fsp3) is 0.188. The molecule has 0 spiro atoms. The Morgan fingerprint density at radius 2 is 2.13 bits per heavy atom. The third kappa shape index (κ3) is 3.20. The Bertz CT molecular complexity index is 895. The first kappa shape index (κ1) is 15.5. The maximum atomic E-state index is 12.7. The van der Waals surface area contributed by atoms with Gasteiger partial charge < -0.3 is 4.18 Å². The van der Waals surface area contributed by atoms with Crippen LogP contribution in [0.3, 0.4) is 0 Å². The van der Waals surface area contributed by atoms with Crippen molar-refractivity contribution in [1.82, 2.24) is 14.5 Å². The normalized spacial score (nSPS) is 10.9. The van der Waals surface area contributed by atoms with Gasteiger partial charge in [0.05, 0.1) is 17.5 Å². The molecule has 0 amide bonds. The number of rotatable bonds is 5. The molecule has 0 unspecified atom stereocenters. The summed E-state index contributed by atoms with van der Waals surface area (Å²) in [5, 5.41) is 0.534. The van der Waals surface area contributed by atoms with E-state index in [1.54, 1.807) is 24.4 Å². The van der Waals surface area contributed by atoms with Crippen LogP contribution in [0.2, 0.25) is 0 Å². The highest BCUT2D eigenvalue weighted by Crippen LogP contribution is 2.23. The van der Waals surface area contributed by atoms with Crippen LogP contribution in [0.15, 0.2) is 47.7 Å². The van der Waals surface area contributed by atoms with Gasteiger partial charge in [-0.3, -0.25) is 8.98 Å². The lowest BCUT2D eigenvalue weighted by Crippen LogP contribution is -2.20. The first-order valence-corrected chi connectivity index (χ1v) is 7.77. The molecule has 0 N–H and O–H groups in total. The summed E-state index contributed by atoms with van der Waals surface area (Å²) in [6, 6.07) is 8.99. The Balaban J connectivity index is 2.09. The second kappa shape index (κ2) is 6.80. The number of aromatic nitrogens is 3. The highest BCUT2D eigenvalue weighted by atomic mass is 32.2. The van der Waals surface area contributed by atoms with Crippen LogP contribution < -0.4 is 9.74 Å². The van der Waals surface area contributed by atoms with Crippen LogP contribution in [0.4, 0.5) is 0 Å². The molecule has 0 saturated heterocycles. The lowest BCUT2D eigenvalue weighted by molar-refractivity contribution is 0.369. The maximum Gasteiger partial charge on any atom is 0.267 e. The van der Waals surface area contributed by atoms with Gasteiger partial charge in [-0.15, -0.1) is 0 Å². The molecule has 0 saturated carbocycles. The van der Waals surface area contributed by atoms with Crippen LogP contribution in [0.25, 0.3) is 16.7 Å². The quantitative estimate of drug-likeness (QED) is 0.529. The molecule has 1 aromatic carbocycles. The molecule has 3 aromatic rings. The highest BCUT2D eigenvalue weighted by molar-refractivity contribution is 7.90. The van der Waals surface area contributed by atoms with Gasteiger partial charge in [0.15, 0.2) is 11.6 Å². The third-order valence-electron chi connectivity index (χ3n) is 3.18. The van der Waals surface area contributed by atoms with Crippen LogP contribution in [0.1, 0.15) is 12.5 Å². The molecule has 2 heterocycles. The molecular weight excluding hydrogens is 314 g/mol. The zero-order valence-electron chi connectivity index (χ0n) is 12.7. The first-order chi connectivity index (χ1) is 11.2. The molecule has 0 atom stereocenters. The minimum atomic E-state index is -0.194. The number of pyridine rings is 1. The monoisotopic (exact) mass is 329 g/mol. The molecule has 0 aliphatic rings. The standard InChI is InChI=1S/C16H15N3O3S/c1-3-21-23-22-14-5-4-8-17-15(14)19-10-18-13-9-11(2)6-7-12(13)16(19)20/h4-10H,3H2,1-2H3. The molecule has 7 heteroatoms. The smallest absolute Gasteiger partial charge is 0.267 e. The van der Waals surface area contributed by atoms with E-state index in [-0.39, 0.29) is 5.56 Å². The minimum absolute atomic E-state index is 0.194. The van der Waals surface area contributed by atoms with Crippen LogP contribution >= 0.6 is 12.3 Å². The molecule has 0 radical (unpaired) electrons. The van der Waals surface area contributed by atoms with Crippen molar-refractivity contribution in [3.63, 3.8) is 0 Å². The SMILES string of the molecule is CCOSOc1cccnc1-n1cnc2cc(C)ccc2c1=O. The average molecular weight is 329 g/mol. The molecule has 118 valence electrons. The molecule has 0 aliphatic heterocycles. The van der Waals surface area contributed by atoms with Gasteiger partial charge in [0, 0.05) is 6.20 Å². The van der Waals surface area contributed by atoms with E-state index in [0.717, 1.165) is 17.9 Å². The van der Waals surface area contributed by atoms with Crippen LogP contribution in [-0.4, -0.2) is 21.1 Å². The fourth-order valence-corrected chi connectivity index (χ4v) is 2.47. The largest absolute Gasteiger partial charge is 0.396 e. The van der Waals surface area contributed by atoms with Crippen molar-refractivity contribution in [3.05, 3.63) is 58.8 Å². The predicted octanol–water partition coefficient (Wildman–Crippen LogP) is 3.07. The number of fused-ring (bicyclic) bond motifs is 1. The zero-order valence-corrected chi connectivity index (χ0v) is 13.5. The van der Waals surface area contributed by atoms with Gasteiger partial charge >= 0.3 is 0 Å². The molecule has 2 aromatic heterocycles. The fourth-order valence-electron chi connectivity index (χ4n) is 2.12. The lowest BCUT2D eigenvalue weighted by atomic mass is 10.2. The van der Waals surface area contributed by atoms with Crippen molar-refractivity contribution in [2.24, 2.45) is 0 Å². The molecule has 0 aliphatic carbocycles. The van der Waals surface area contributed by atoms with Gasteiger partial charge in [0.25, 0.3) is 5.56 Å². The molecule has 6 nitrogen and oxygen atoms in total. The van der Waals surface area contributed by atoms with Crippen molar-refractivity contribution in [2.75, 3.05) is 6.61 Å². The Labute approximate surface area is 137 Å². The Kier molecular flexibility index (Phi) is 4.59. The van der Waals surface area contributed by atoms with Crippen molar-refractivity contribution >= 4 is 23.2 Å². The molecule has 23 heavy (non-hydrogen) atoms. The van der Waals surface area contributed by atoms with Gasteiger partial charge in [-0.2, -0.15) is 0 Å². The predicted molar refractivity (Wildman–Crippen MR) is 89.7 cm³/mol. The summed E-state index contributed by atoms with van der Waals surface area (Å²) in [7, 11) is 0. The summed E-state index contributed by atoms with van der Waals surface area (Å²) < 4.78 is 11.9. The molecule has 3 rings (SSSR count). The summed E-state index contributed by atoms with van der Waals surface area (Å²) in [4.78, 5) is 21.3. The Morgan fingerprint density at radius 3 is 2.96 bits per heavy atom. The Morgan fingerprint density at radius 1 is 1.26 bits per heavy atom. The second-order valence-electron chi connectivity index (χ2n) is 4.82. The summed E-state index contributed by atoms with van der Waals surface area (Å²) >= 11 is 0.851. The molecule has 0 bridgehead atoms. The van der Waals surface area contributed by atoms with Crippen molar-refractivity contribution in [1.29, 1.82) is 0 Å². The van der Waals surface area contributed by atoms with Crippen LogP contribution in [-0.2, 0) is 4.18 Å². The van der Waals surface area contributed by atoms with Crippen molar-refractivity contribution < 1.29 is 8.37 Å². The van der Waals surface area contributed by atoms with Gasteiger partial charge in [-0.1, -0.05) is 6.07 Å². The second-order valence-corrected chi connectivity index (χ2v) is 5.36. The zero-order chi connectivity index (χ0) is 16.2. The summed E-state index contributed by atoms with van der Waals surface area (Å²) in [6.07, 6.45) is 3.06. The van der Waals surface area contributed by atoms with E-state index in [1.807, 2.05) is 26.0 Å². The summed E-state index contributed by atoms with van der Waals surface area (Å²) in [6.45, 7) is 4.33. The number of nitrogens with zero attached hydrogens (tertiary/aromatic N) is 3. The lowest BCUT2D eigenvalue weighted by Gasteiger charge is -2.10. The third-order valence-corrected chi connectivity index (χ3v) is 3.76. The van der Waals surface area contributed by atoms with Crippen LogP contribution in [0.5, 0.6) is 5.75 Å². The van der Waals surface area contributed by atoms with Gasteiger partial charge in [0.2, 0.25) is 12.3 Å². The van der Waals surface area contributed by atoms with Gasteiger partial charge in [-0.25, -0.2) is 14.5 Å². The van der Waals surface area contributed by atoms with E-state index in [0.29, 0.717) is 29.1 Å². The highest BCUT2D eigenvalue weighted by Gasteiger charge is 2.12. The van der Waals surface area contributed by atoms with E-state index in [2.05, 4.69) is 9.97 Å². The average Bonchev–Trinajstić information content (AvgIpc) is 2.56. The van der Waals surface area contributed by atoms with Crippen LogP contribution in [0, 0.1) is 6.92 Å². The van der Waals surface area contributed by atoms with E-state index < -0.39 is 0 Å². The van der Waals surface area contributed by atoms with Crippen molar-refractivity contribution in [3.8, 4) is 11.6 Å². The van der Waals surface area contributed by atoms with Crippen molar-refractivity contribution in [2.45, 2.75) is 13.8 Å². The summed E-state index contributed by atoms with van der Waals surface area (Å²) in [5.74, 6) is 0.806. The van der Waals surface area contributed by atoms with E-state index >= 15 is 0 Å². The molecular formula is C16H15N3O3S. The Hall–Kier alpha value is -2.38. The number of benzene rings is 1. The van der Waals surface area contributed by atoms with E-state index in [4.69, 9.17) is 8.37 Å². The maximum absolute atomic E-state index is 12.7. The van der Waals surface area contributed by atoms with Gasteiger partial charge in [-0.05, 0) is 43.7 Å². The number of hydrogen-bond donors (Lipinski definition) is 0. The van der Waals surface area contributed by atoms with E-state index in [1.165, 1.54) is 10.9 Å². The number of aryl methyl sites for hydroxylation is 1. The first-order valence-electron chi connectivity index (χ1n) is 7.10. The topological polar surface area (TPSA) is 66.2 Å². The number of hydrogen-bond acceptors (Lipinski definition) is 6. The molecule has 0 fully saturated rings. The van der Waals surface area contributed by atoms with Gasteiger partial charge in [0.1, 0.15) is 6.33 Å². The summed E-state index contributed by atoms with van der Waals surface area (Å²) in [5.41, 5.74) is 1.52.